The first kappa shape index (κ1) is 27.5. The summed E-state index contributed by atoms with van der Waals surface area (Å²) in [7, 11) is 0. The van der Waals surface area contributed by atoms with Gasteiger partial charge in [-0.3, -0.25) is 4.90 Å². The van der Waals surface area contributed by atoms with Crippen LogP contribution < -0.4 is 9.47 Å². The van der Waals surface area contributed by atoms with E-state index in [0.29, 0.717) is 23.3 Å². The van der Waals surface area contributed by atoms with Gasteiger partial charge in [0.15, 0.2) is 5.06 Å². The molecule has 0 bridgehead atoms. The number of rotatable bonds is 12. The van der Waals surface area contributed by atoms with Gasteiger partial charge in [-0.15, -0.1) is 10.1 Å². The summed E-state index contributed by atoms with van der Waals surface area (Å²) in [5.74, 6) is 2.44. The second kappa shape index (κ2) is 12.9. The minimum absolute atomic E-state index is 0.180. The van der Waals surface area contributed by atoms with Crippen LogP contribution >= 0.6 is 11.3 Å². The van der Waals surface area contributed by atoms with Crippen molar-refractivity contribution in [2.75, 3.05) is 32.8 Å². The van der Waals surface area contributed by atoms with E-state index < -0.39 is 5.09 Å². The number of hydrogen-bond donors (Lipinski definition) is 2. The van der Waals surface area contributed by atoms with E-state index in [-0.39, 0.29) is 18.1 Å². The Morgan fingerprint density at radius 1 is 0.925 bits per heavy atom. The Labute approximate surface area is 236 Å². The molecule has 1 aliphatic rings. The van der Waals surface area contributed by atoms with E-state index in [4.69, 9.17) is 9.47 Å². The van der Waals surface area contributed by atoms with Crippen LogP contribution in [-0.2, 0) is 4.84 Å². The number of aromatic hydroxyl groups is 2. The van der Waals surface area contributed by atoms with Crippen molar-refractivity contribution < 1.29 is 29.6 Å². The van der Waals surface area contributed by atoms with Crippen LogP contribution in [0.15, 0.2) is 66.7 Å². The molecule has 1 fully saturated rings. The summed E-state index contributed by atoms with van der Waals surface area (Å²) >= 11 is 1.46. The molecule has 2 heterocycles. The zero-order valence-electron chi connectivity index (χ0n) is 22.0. The number of ether oxygens (including phenoxy) is 2. The van der Waals surface area contributed by atoms with Crippen LogP contribution in [0.4, 0.5) is 0 Å². The normalized spacial score (nSPS) is 14.3. The molecule has 1 aliphatic heterocycles. The summed E-state index contributed by atoms with van der Waals surface area (Å²) in [5.41, 5.74) is 1.83. The molecule has 0 unspecified atom stereocenters. The summed E-state index contributed by atoms with van der Waals surface area (Å²) in [6, 6.07) is 19.8. The first-order valence-corrected chi connectivity index (χ1v) is 14.2. The lowest BCUT2D eigenvalue weighted by Gasteiger charge is -2.31. The molecule has 1 saturated heterocycles. The molecule has 5 rings (SSSR count). The Balaban J connectivity index is 1.13. The van der Waals surface area contributed by atoms with Crippen LogP contribution in [0, 0.1) is 16.0 Å². The molecule has 0 amide bonds. The molecule has 0 radical (unpaired) electrons. The highest BCUT2D eigenvalue weighted by molar-refractivity contribution is 7.21. The molecule has 0 saturated carbocycles. The standard InChI is InChI=1S/C30H32N2O7S/c33-23-5-3-22(4-6-23)29-27-12-7-24(34)20-28(27)40-30(29)39-26-10-8-25(9-11-26)37-19-17-31-15-13-21(14-16-31)2-1-18-38-32(35)36/h3-12,20-21,33-34H,1-2,13-19H2. The maximum absolute atomic E-state index is 10.2. The van der Waals surface area contributed by atoms with E-state index in [2.05, 4.69) is 9.74 Å². The average molecular weight is 565 g/mol. The van der Waals surface area contributed by atoms with Gasteiger partial charge in [-0.05, 0) is 105 Å². The molecule has 40 heavy (non-hydrogen) atoms. The zero-order valence-corrected chi connectivity index (χ0v) is 22.8. The van der Waals surface area contributed by atoms with Crippen molar-refractivity contribution in [3.63, 3.8) is 0 Å². The summed E-state index contributed by atoms with van der Waals surface area (Å²) in [6.45, 7) is 3.63. The second-order valence-corrected chi connectivity index (χ2v) is 10.9. The molecule has 0 atom stereocenters. The lowest BCUT2D eigenvalue weighted by Crippen LogP contribution is -2.36. The topological polar surface area (TPSA) is 115 Å². The minimum Gasteiger partial charge on any atom is -0.508 e. The van der Waals surface area contributed by atoms with E-state index >= 15 is 0 Å². The van der Waals surface area contributed by atoms with Crippen LogP contribution in [0.5, 0.6) is 28.1 Å². The molecule has 2 N–H and O–H groups in total. The van der Waals surface area contributed by atoms with Crippen LogP contribution in [0.2, 0.25) is 0 Å². The summed E-state index contributed by atoms with van der Waals surface area (Å²) in [4.78, 5) is 17.0. The Kier molecular flexibility index (Phi) is 8.87. The van der Waals surface area contributed by atoms with Crippen LogP contribution in [0.1, 0.15) is 25.7 Å². The van der Waals surface area contributed by atoms with E-state index in [0.717, 1.165) is 72.3 Å². The number of hydrogen-bond acceptors (Lipinski definition) is 9. The van der Waals surface area contributed by atoms with Crippen molar-refractivity contribution in [3.05, 3.63) is 76.8 Å². The lowest BCUT2D eigenvalue weighted by molar-refractivity contribution is -0.757. The largest absolute Gasteiger partial charge is 0.508 e. The molecule has 4 aromatic rings. The number of thiophene rings is 1. The van der Waals surface area contributed by atoms with Gasteiger partial charge in [0, 0.05) is 22.2 Å². The molecular formula is C30H32N2O7S. The van der Waals surface area contributed by atoms with Gasteiger partial charge >= 0.3 is 0 Å². The van der Waals surface area contributed by atoms with Gasteiger partial charge in [0.25, 0.3) is 5.09 Å². The van der Waals surface area contributed by atoms with E-state index in [9.17, 15) is 20.3 Å². The van der Waals surface area contributed by atoms with Gasteiger partial charge < -0.3 is 24.5 Å². The highest BCUT2D eigenvalue weighted by Gasteiger charge is 2.19. The first-order chi connectivity index (χ1) is 19.4. The number of fused-ring (bicyclic) bond motifs is 1. The van der Waals surface area contributed by atoms with Gasteiger partial charge in [0.1, 0.15) is 29.6 Å². The monoisotopic (exact) mass is 564 g/mol. The van der Waals surface area contributed by atoms with E-state index in [1.165, 1.54) is 11.3 Å². The Hall–Kier alpha value is -4.02. The first-order valence-electron chi connectivity index (χ1n) is 13.4. The number of nitrogens with zero attached hydrogens (tertiary/aromatic N) is 2. The molecule has 10 heteroatoms. The molecule has 1 aromatic heterocycles. The molecule has 3 aromatic carbocycles. The predicted molar refractivity (Wildman–Crippen MR) is 154 cm³/mol. The number of benzene rings is 3. The highest BCUT2D eigenvalue weighted by atomic mass is 32.1. The Morgan fingerprint density at radius 3 is 2.35 bits per heavy atom. The average Bonchev–Trinajstić information content (AvgIpc) is 3.30. The third kappa shape index (κ3) is 7.13. The van der Waals surface area contributed by atoms with Crippen molar-refractivity contribution in [1.82, 2.24) is 4.90 Å². The molecule has 0 spiro atoms. The summed E-state index contributed by atoms with van der Waals surface area (Å²) < 4.78 is 13.2. The van der Waals surface area contributed by atoms with Crippen molar-refractivity contribution in [3.8, 4) is 39.2 Å². The third-order valence-electron chi connectivity index (χ3n) is 7.17. The van der Waals surface area contributed by atoms with Crippen molar-refractivity contribution in [2.45, 2.75) is 25.7 Å². The van der Waals surface area contributed by atoms with Gasteiger partial charge in [-0.1, -0.05) is 23.5 Å². The number of phenols is 2. The minimum atomic E-state index is -0.725. The van der Waals surface area contributed by atoms with Gasteiger partial charge in [0.05, 0.1) is 6.61 Å². The lowest BCUT2D eigenvalue weighted by atomic mass is 9.92. The summed E-state index contributed by atoms with van der Waals surface area (Å²) in [5, 5.41) is 30.9. The van der Waals surface area contributed by atoms with E-state index in [1.807, 2.05) is 42.5 Å². The van der Waals surface area contributed by atoms with Gasteiger partial charge in [0.2, 0.25) is 0 Å². The fourth-order valence-corrected chi connectivity index (χ4v) is 6.18. The predicted octanol–water partition coefficient (Wildman–Crippen LogP) is 6.85. The highest BCUT2D eigenvalue weighted by Crippen LogP contribution is 2.47. The number of phenolic OH excluding ortho intramolecular Hbond substituents is 2. The van der Waals surface area contributed by atoms with Crippen LogP contribution in [0.3, 0.4) is 0 Å². The number of piperidine rings is 1. The van der Waals surface area contributed by atoms with Crippen molar-refractivity contribution >= 4 is 21.4 Å². The molecular weight excluding hydrogens is 532 g/mol. The quantitative estimate of drug-likeness (QED) is 0.109. The molecule has 210 valence electrons. The van der Waals surface area contributed by atoms with Crippen molar-refractivity contribution in [1.29, 1.82) is 0 Å². The van der Waals surface area contributed by atoms with E-state index in [1.54, 1.807) is 24.3 Å². The maximum Gasteiger partial charge on any atom is 0.294 e. The maximum atomic E-state index is 10.2. The van der Waals surface area contributed by atoms with Gasteiger partial charge in [-0.2, -0.15) is 0 Å². The fraction of sp³-hybridized carbons (Fsp3) is 0.333. The van der Waals surface area contributed by atoms with Crippen LogP contribution in [0.25, 0.3) is 21.2 Å². The third-order valence-corrected chi connectivity index (χ3v) is 8.20. The second-order valence-electron chi connectivity index (χ2n) is 9.90. The SMILES string of the molecule is O=[N+]([O-])OCCCC1CCN(CCOc2ccc(Oc3sc4cc(O)ccc4c3-c3ccc(O)cc3)cc2)CC1. The fourth-order valence-electron chi connectivity index (χ4n) is 5.05. The Morgan fingerprint density at radius 2 is 1.62 bits per heavy atom. The molecule has 0 aliphatic carbocycles. The smallest absolute Gasteiger partial charge is 0.294 e. The Bertz CT molecular complexity index is 1410. The number of likely N-dealkylation sites (tertiary alicyclic amines) is 1. The molecule has 9 nitrogen and oxygen atoms in total. The van der Waals surface area contributed by atoms with Crippen LogP contribution in [-0.4, -0.2) is 53.0 Å². The summed E-state index contributed by atoms with van der Waals surface area (Å²) in [6.07, 6.45) is 3.87. The van der Waals surface area contributed by atoms with Crippen molar-refractivity contribution in [2.24, 2.45) is 5.92 Å². The zero-order chi connectivity index (χ0) is 27.9. The van der Waals surface area contributed by atoms with Gasteiger partial charge in [-0.25, -0.2) is 0 Å².